The van der Waals surface area contributed by atoms with Crippen LogP contribution in [0.3, 0.4) is 0 Å². The van der Waals surface area contributed by atoms with Crippen molar-refractivity contribution in [2.75, 3.05) is 0 Å². The second kappa shape index (κ2) is 11.7. The summed E-state index contributed by atoms with van der Waals surface area (Å²) in [5, 5.41) is 6.52. The standard InChI is InChI=1S/C32H26N2O3/c35-32(29-18-7-9-20-31(29)36-22-24-11-2-1-3-12-24)34-33-21-26-14-5-8-19-30(26)37-23-27-16-10-15-25-13-4-6-17-28(25)27/h1-21H,22-23H2,(H,34,35)/b33-21-. The largest absolute Gasteiger partial charge is 0.488 e. The Labute approximate surface area is 216 Å². The summed E-state index contributed by atoms with van der Waals surface area (Å²) < 4.78 is 12.0. The Kier molecular flexibility index (Phi) is 7.53. The lowest BCUT2D eigenvalue weighted by molar-refractivity contribution is 0.0950. The Morgan fingerprint density at radius 2 is 1.35 bits per heavy atom. The minimum atomic E-state index is -0.353. The van der Waals surface area contributed by atoms with Crippen molar-refractivity contribution >= 4 is 22.9 Å². The van der Waals surface area contributed by atoms with Gasteiger partial charge in [-0.3, -0.25) is 4.79 Å². The van der Waals surface area contributed by atoms with Gasteiger partial charge in [0.1, 0.15) is 24.7 Å². The van der Waals surface area contributed by atoms with Crippen LogP contribution in [-0.2, 0) is 13.2 Å². The van der Waals surface area contributed by atoms with Crippen molar-refractivity contribution in [3.05, 3.63) is 144 Å². The number of nitrogens with zero attached hydrogens (tertiary/aromatic N) is 1. The van der Waals surface area contributed by atoms with Gasteiger partial charge in [-0.15, -0.1) is 0 Å². The number of hydrazone groups is 1. The van der Waals surface area contributed by atoms with E-state index in [0.717, 1.165) is 22.1 Å². The van der Waals surface area contributed by atoms with E-state index in [9.17, 15) is 4.79 Å². The molecule has 0 fully saturated rings. The van der Waals surface area contributed by atoms with Crippen molar-refractivity contribution in [1.29, 1.82) is 0 Å². The average molecular weight is 487 g/mol. The molecule has 0 aromatic heterocycles. The number of nitrogens with one attached hydrogen (secondary N) is 1. The fraction of sp³-hybridized carbons (Fsp3) is 0.0625. The third-order valence-electron chi connectivity index (χ3n) is 5.92. The molecule has 0 aliphatic rings. The van der Waals surface area contributed by atoms with Gasteiger partial charge < -0.3 is 9.47 Å². The fourth-order valence-electron chi connectivity index (χ4n) is 4.03. The Bertz CT molecular complexity index is 1520. The zero-order valence-electron chi connectivity index (χ0n) is 20.2. The van der Waals surface area contributed by atoms with Gasteiger partial charge in [-0.2, -0.15) is 5.10 Å². The molecule has 0 heterocycles. The molecule has 0 aliphatic heterocycles. The highest BCUT2D eigenvalue weighted by Crippen LogP contribution is 2.23. The maximum absolute atomic E-state index is 12.9. The lowest BCUT2D eigenvalue weighted by Gasteiger charge is -2.11. The van der Waals surface area contributed by atoms with Crippen LogP contribution >= 0.6 is 0 Å². The molecule has 1 amide bonds. The topological polar surface area (TPSA) is 59.9 Å². The lowest BCUT2D eigenvalue weighted by Crippen LogP contribution is -2.18. The van der Waals surface area contributed by atoms with Gasteiger partial charge in [0.15, 0.2) is 0 Å². The summed E-state index contributed by atoms with van der Waals surface area (Å²) in [7, 11) is 0. The van der Waals surface area contributed by atoms with Crippen LogP contribution in [-0.4, -0.2) is 12.1 Å². The van der Waals surface area contributed by atoms with Gasteiger partial charge in [-0.25, -0.2) is 5.43 Å². The number of amides is 1. The highest BCUT2D eigenvalue weighted by atomic mass is 16.5. The number of hydrogen-bond donors (Lipinski definition) is 1. The van der Waals surface area contributed by atoms with Gasteiger partial charge in [0.25, 0.3) is 5.91 Å². The van der Waals surface area contributed by atoms with Crippen molar-refractivity contribution in [3.8, 4) is 11.5 Å². The summed E-state index contributed by atoms with van der Waals surface area (Å²) in [6, 6.07) is 39.0. The Morgan fingerprint density at radius 1 is 0.676 bits per heavy atom. The number of carbonyl (C=O) groups is 1. The minimum Gasteiger partial charge on any atom is -0.488 e. The molecular weight excluding hydrogens is 460 g/mol. The maximum Gasteiger partial charge on any atom is 0.275 e. The molecule has 5 heteroatoms. The minimum absolute atomic E-state index is 0.353. The lowest BCUT2D eigenvalue weighted by atomic mass is 10.1. The van der Waals surface area contributed by atoms with E-state index in [1.165, 1.54) is 5.39 Å². The van der Waals surface area contributed by atoms with E-state index in [1.54, 1.807) is 24.4 Å². The zero-order chi connectivity index (χ0) is 25.3. The molecule has 0 unspecified atom stereocenters. The summed E-state index contributed by atoms with van der Waals surface area (Å²) in [6.45, 7) is 0.792. The molecule has 182 valence electrons. The average Bonchev–Trinajstić information content (AvgIpc) is 2.96. The number of hydrogen-bond acceptors (Lipinski definition) is 4. The van der Waals surface area contributed by atoms with Crippen molar-refractivity contribution in [3.63, 3.8) is 0 Å². The number of carbonyl (C=O) groups excluding carboxylic acids is 1. The molecule has 0 bridgehead atoms. The number of rotatable bonds is 9. The molecule has 0 spiro atoms. The van der Waals surface area contributed by atoms with E-state index >= 15 is 0 Å². The first-order valence-electron chi connectivity index (χ1n) is 12.1. The van der Waals surface area contributed by atoms with Gasteiger partial charge >= 0.3 is 0 Å². The van der Waals surface area contributed by atoms with Crippen molar-refractivity contribution in [1.82, 2.24) is 5.43 Å². The number of fused-ring (bicyclic) bond motifs is 1. The Balaban J connectivity index is 1.24. The Hall–Kier alpha value is -4.90. The predicted octanol–water partition coefficient (Wildman–Crippen LogP) is 6.76. The first kappa shape index (κ1) is 23.8. The monoisotopic (exact) mass is 486 g/mol. The maximum atomic E-state index is 12.9. The van der Waals surface area contributed by atoms with Crippen LogP contribution in [0.2, 0.25) is 0 Å². The van der Waals surface area contributed by atoms with Crippen LogP contribution < -0.4 is 14.9 Å². The second-order valence-corrected chi connectivity index (χ2v) is 8.43. The SMILES string of the molecule is O=C(N/N=C\c1ccccc1OCc1cccc2ccccc12)c1ccccc1OCc1ccccc1. The highest BCUT2D eigenvalue weighted by molar-refractivity contribution is 5.97. The van der Waals surface area contributed by atoms with Crippen LogP contribution in [0.15, 0.2) is 126 Å². The first-order valence-corrected chi connectivity index (χ1v) is 12.1. The van der Waals surface area contributed by atoms with E-state index in [2.05, 4.69) is 34.8 Å². The van der Waals surface area contributed by atoms with Crippen LogP contribution in [0.4, 0.5) is 0 Å². The molecule has 5 rings (SSSR count). The molecule has 5 nitrogen and oxygen atoms in total. The third-order valence-corrected chi connectivity index (χ3v) is 5.92. The summed E-state index contributed by atoms with van der Waals surface area (Å²) in [5.74, 6) is 0.826. The molecule has 0 saturated carbocycles. The van der Waals surface area contributed by atoms with E-state index in [4.69, 9.17) is 9.47 Å². The molecule has 5 aromatic rings. The Morgan fingerprint density at radius 3 is 2.24 bits per heavy atom. The van der Waals surface area contributed by atoms with E-state index in [0.29, 0.717) is 30.3 Å². The fourth-order valence-corrected chi connectivity index (χ4v) is 4.03. The highest BCUT2D eigenvalue weighted by Gasteiger charge is 2.12. The quantitative estimate of drug-likeness (QED) is 0.185. The second-order valence-electron chi connectivity index (χ2n) is 8.43. The van der Waals surface area contributed by atoms with Crippen molar-refractivity contribution in [2.45, 2.75) is 13.2 Å². The van der Waals surface area contributed by atoms with Gasteiger partial charge in [0, 0.05) is 5.56 Å². The van der Waals surface area contributed by atoms with Gasteiger partial charge in [0.2, 0.25) is 0 Å². The van der Waals surface area contributed by atoms with E-state index in [-0.39, 0.29) is 5.91 Å². The molecule has 0 atom stereocenters. The molecule has 0 radical (unpaired) electrons. The van der Waals surface area contributed by atoms with E-state index in [1.807, 2.05) is 78.9 Å². The van der Waals surface area contributed by atoms with Gasteiger partial charge in [0.05, 0.1) is 11.8 Å². The summed E-state index contributed by atoms with van der Waals surface area (Å²) in [4.78, 5) is 12.9. The third kappa shape index (κ3) is 6.03. The molecule has 5 aromatic carbocycles. The first-order chi connectivity index (χ1) is 18.3. The summed E-state index contributed by atoms with van der Waals surface area (Å²) >= 11 is 0. The smallest absolute Gasteiger partial charge is 0.275 e. The van der Waals surface area contributed by atoms with Crippen LogP contribution in [0.1, 0.15) is 27.0 Å². The van der Waals surface area contributed by atoms with Crippen molar-refractivity contribution in [2.24, 2.45) is 5.10 Å². The molecular formula is C32H26N2O3. The molecule has 1 N–H and O–H groups in total. The van der Waals surface area contributed by atoms with Gasteiger partial charge in [-0.05, 0) is 46.2 Å². The molecule has 37 heavy (non-hydrogen) atoms. The predicted molar refractivity (Wildman–Crippen MR) is 147 cm³/mol. The number of ether oxygens (including phenoxy) is 2. The molecule has 0 aliphatic carbocycles. The summed E-state index contributed by atoms with van der Waals surface area (Å²) in [5.41, 5.74) is 5.91. The summed E-state index contributed by atoms with van der Waals surface area (Å²) in [6.07, 6.45) is 1.59. The van der Waals surface area contributed by atoms with Crippen LogP contribution in [0, 0.1) is 0 Å². The van der Waals surface area contributed by atoms with Gasteiger partial charge in [-0.1, -0.05) is 97.1 Å². The van der Waals surface area contributed by atoms with Crippen LogP contribution in [0.25, 0.3) is 10.8 Å². The van der Waals surface area contributed by atoms with Crippen molar-refractivity contribution < 1.29 is 14.3 Å². The zero-order valence-corrected chi connectivity index (χ0v) is 20.2. The van der Waals surface area contributed by atoms with Crippen LogP contribution in [0.5, 0.6) is 11.5 Å². The number of para-hydroxylation sites is 2. The number of benzene rings is 5. The van der Waals surface area contributed by atoms with E-state index < -0.39 is 0 Å². The molecule has 0 saturated heterocycles. The normalized spacial score (nSPS) is 10.9.